The van der Waals surface area contributed by atoms with E-state index in [1.807, 2.05) is 0 Å². The smallest absolute Gasteiger partial charge is 0.243 e. The Bertz CT molecular complexity index is 1160. The number of nitrogens with zero attached hydrogens (tertiary/aromatic N) is 2. The summed E-state index contributed by atoms with van der Waals surface area (Å²) in [4.78, 5) is 16.9. The molecule has 1 aliphatic heterocycles. The number of carbonyl (C=O) groups is 1. The van der Waals surface area contributed by atoms with Gasteiger partial charge in [0.1, 0.15) is 11.3 Å². The van der Waals surface area contributed by atoms with E-state index in [9.17, 15) is 17.6 Å². The molecule has 0 aliphatic carbocycles. The van der Waals surface area contributed by atoms with Crippen molar-refractivity contribution < 1.29 is 17.6 Å². The molecule has 0 spiro atoms. The lowest BCUT2D eigenvalue weighted by Gasteiger charge is -2.30. The third-order valence-corrected chi connectivity index (χ3v) is 7.98. The first-order valence-corrected chi connectivity index (χ1v) is 11.6. The average molecular weight is 454 g/mol. The van der Waals surface area contributed by atoms with E-state index in [1.165, 1.54) is 46.0 Å². The standard InChI is InChI=1S/C19H17ClFN3O3S2/c20-13-4-6-14(7-5-13)29(26,27)24-10-8-12(9-11-24)18(25)23-19-22-17-15(21)2-1-3-16(17)28-19/h1-7,12H,8-11H2,(H,22,23,25). The van der Waals surface area contributed by atoms with Crippen LogP contribution >= 0.6 is 22.9 Å². The van der Waals surface area contributed by atoms with Gasteiger partial charge in [0, 0.05) is 24.0 Å². The third kappa shape index (κ3) is 4.13. The van der Waals surface area contributed by atoms with E-state index in [0.29, 0.717) is 27.7 Å². The van der Waals surface area contributed by atoms with Gasteiger partial charge in [-0.25, -0.2) is 17.8 Å². The molecule has 0 bridgehead atoms. The molecule has 29 heavy (non-hydrogen) atoms. The lowest BCUT2D eigenvalue weighted by molar-refractivity contribution is -0.120. The van der Waals surface area contributed by atoms with Gasteiger partial charge >= 0.3 is 0 Å². The number of aromatic nitrogens is 1. The van der Waals surface area contributed by atoms with E-state index < -0.39 is 15.8 Å². The molecule has 4 rings (SSSR count). The number of sulfonamides is 1. The van der Waals surface area contributed by atoms with Crippen LogP contribution in [-0.4, -0.2) is 36.7 Å². The van der Waals surface area contributed by atoms with Crippen molar-refractivity contribution >= 4 is 54.2 Å². The predicted octanol–water partition coefficient (Wildman–Crippen LogP) is 4.13. The number of para-hydroxylation sites is 1. The molecule has 152 valence electrons. The maximum Gasteiger partial charge on any atom is 0.243 e. The first-order valence-electron chi connectivity index (χ1n) is 8.96. The van der Waals surface area contributed by atoms with Crippen LogP contribution in [0.25, 0.3) is 10.2 Å². The highest BCUT2D eigenvalue weighted by molar-refractivity contribution is 7.89. The number of anilines is 1. The summed E-state index contributed by atoms with van der Waals surface area (Å²) in [5.41, 5.74) is 0.233. The van der Waals surface area contributed by atoms with Crippen molar-refractivity contribution in [1.29, 1.82) is 0 Å². The van der Waals surface area contributed by atoms with E-state index in [-0.39, 0.29) is 35.3 Å². The Morgan fingerprint density at radius 1 is 1.17 bits per heavy atom. The Kier molecular flexibility index (Phi) is 5.56. The van der Waals surface area contributed by atoms with Gasteiger partial charge in [-0.1, -0.05) is 29.0 Å². The van der Waals surface area contributed by atoms with Crippen LogP contribution in [0, 0.1) is 11.7 Å². The maximum absolute atomic E-state index is 13.8. The second-order valence-corrected chi connectivity index (χ2v) is 10.1. The monoisotopic (exact) mass is 453 g/mol. The zero-order valence-corrected chi connectivity index (χ0v) is 17.5. The number of halogens is 2. The number of amides is 1. The SMILES string of the molecule is O=C(Nc1nc2c(F)cccc2s1)C1CCN(S(=O)(=O)c2ccc(Cl)cc2)CC1. The Balaban J connectivity index is 1.40. The van der Waals surface area contributed by atoms with Gasteiger partial charge < -0.3 is 5.32 Å². The van der Waals surface area contributed by atoms with Gasteiger partial charge in [-0.05, 0) is 49.2 Å². The van der Waals surface area contributed by atoms with E-state index in [2.05, 4.69) is 10.3 Å². The van der Waals surface area contributed by atoms with E-state index >= 15 is 0 Å². The number of piperidine rings is 1. The molecule has 10 heteroatoms. The van der Waals surface area contributed by atoms with Crippen molar-refractivity contribution in [3.05, 3.63) is 53.3 Å². The molecule has 0 atom stereocenters. The molecule has 1 N–H and O–H groups in total. The molecule has 1 aromatic heterocycles. The molecule has 2 heterocycles. The summed E-state index contributed by atoms with van der Waals surface area (Å²) in [5.74, 6) is -0.989. The van der Waals surface area contributed by atoms with Crippen LogP contribution in [0.1, 0.15) is 12.8 Å². The molecule has 0 saturated carbocycles. The molecule has 1 amide bonds. The number of fused-ring (bicyclic) bond motifs is 1. The number of benzene rings is 2. The van der Waals surface area contributed by atoms with Gasteiger partial charge in [-0.15, -0.1) is 0 Å². The van der Waals surface area contributed by atoms with Gasteiger partial charge in [-0.2, -0.15) is 4.31 Å². The normalized spacial score (nSPS) is 16.2. The minimum atomic E-state index is -3.62. The van der Waals surface area contributed by atoms with E-state index in [4.69, 9.17) is 11.6 Å². The highest BCUT2D eigenvalue weighted by Gasteiger charge is 2.32. The Hall–Kier alpha value is -2.07. The number of hydrogen-bond acceptors (Lipinski definition) is 5. The molecule has 0 unspecified atom stereocenters. The zero-order valence-electron chi connectivity index (χ0n) is 15.1. The van der Waals surface area contributed by atoms with Crippen LogP contribution in [-0.2, 0) is 14.8 Å². The lowest BCUT2D eigenvalue weighted by atomic mass is 9.97. The van der Waals surface area contributed by atoms with Crippen LogP contribution in [0.3, 0.4) is 0 Å². The van der Waals surface area contributed by atoms with Gasteiger partial charge in [0.05, 0.1) is 9.60 Å². The largest absolute Gasteiger partial charge is 0.302 e. The van der Waals surface area contributed by atoms with Gasteiger partial charge in [-0.3, -0.25) is 4.79 Å². The second-order valence-electron chi connectivity index (χ2n) is 6.73. The van der Waals surface area contributed by atoms with Gasteiger partial charge in [0.25, 0.3) is 0 Å². The summed E-state index contributed by atoms with van der Waals surface area (Å²) >= 11 is 7.03. The Labute approximate surface area is 176 Å². The van der Waals surface area contributed by atoms with E-state index in [0.717, 1.165) is 0 Å². The number of hydrogen-bond donors (Lipinski definition) is 1. The molecule has 6 nitrogen and oxygen atoms in total. The molecule has 1 saturated heterocycles. The quantitative estimate of drug-likeness (QED) is 0.644. The highest BCUT2D eigenvalue weighted by Crippen LogP contribution is 2.29. The minimum absolute atomic E-state index is 0.182. The Morgan fingerprint density at radius 3 is 2.52 bits per heavy atom. The molecule has 1 fully saturated rings. The topological polar surface area (TPSA) is 79.4 Å². The van der Waals surface area contributed by atoms with Crippen molar-refractivity contribution in [2.24, 2.45) is 5.92 Å². The zero-order chi connectivity index (χ0) is 20.6. The highest BCUT2D eigenvalue weighted by atomic mass is 35.5. The van der Waals surface area contributed by atoms with Gasteiger partial charge in [0.2, 0.25) is 15.9 Å². The molecule has 3 aromatic rings. The number of thiazole rings is 1. The van der Waals surface area contributed by atoms with Crippen LogP contribution in [0.15, 0.2) is 47.4 Å². The minimum Gasteiger partial charge on any atom is -0.302 e. The first-order chi connectivity index (χ1) is 13.8. The first kappa shape index (κ1) is 20.2. The second kappa shape index (κ2) is 7.98. The molecular weight excluding hydrogens is 437 g/mol. The summed E-state index contributed by atoms with van der Waals surface area (Å²) < 4.78 is 41.3. The fourth-order valence-corrected chi connectivity index (χ4v) is 5.77. The van der Waals surface area contributed by atoms with Crippen molar-refractivity contribution in [2.75, 3.05) is 18.4 Å². The summed E-state index contributed by atoms with van der Waals surface area (Å²) in [7, 11) is -3.62. The van der Waals surface area contributed by atoms with E-state index in [1.54, 1.807) is 12.1 Å². The van der Waals surface area contributed by atoms with Crippen LogP contribution in [0.4, 0.5) is 9.52 Å². The summed E-state index contributed by atoms with van der Waals surface area (Å²) in [5, 5.41) is 3.54. The van der Waals surface area contributed by atoms with Crippen LogP contribution < -0.4 is 5.32 Å². The molecule has 2 aromatic carbocycles. The fraction of sp³-hybridized carbons (Fsp3) is 0.263. The average Bonchev–Trinajstić information content (AvgIpc) is 3.12. The van der Waals surface area contributed by atoms with Crippen molar-refractivity contribution in [2.45, 2.75) is 17.7 Å². The summed E-state index contributed by atoms with van der Waals surface area (Å²) in [6.45, 7) is 0.495. The van der Waals surface area contributed by atoms with Crippen molar-refractivity contribution in [1.82, 2.24) is 9.29 Å². The molecule has 0 radical (unpaired) electrons. The lowest BCUT2D eigenvalue weighted by Crippen LogP contribution is -2.41. The van der Waals surface area contributed by atoms with Crippen LogP contribution in [0.2, 0.25) is 5.02 Å². The molecule has 1 aliphatic rings. The number of nitrogens with one attached hydrogen (secondary N) is 1. The number of rotatable bonds is 4. The summed E-state index contributed by atoms with van der Waals surface area (Å²) in [6, 6.07) is 10.7. The molecular formula is C19H17ClFN3O3S2. The maximum atomic E-state index is 13.8. The summed E-state index contributed by atoms with van der Waals surface area (Å²) in [6.07, 6.45) is 0.801. The fourth-order valence-electron chi connectivity index (χ4n) is 3.29. The third-order valence-electron chi connectivity index (χ3n) is 4.88. The van der Waals surface area contributed by atoms with Gasteiger partial charge in [0.15, 0.2) is 5.13 Å². The van der Waals surface area contributed by atoms with Crippen LogP contribution in [0.5, 0.6) is 0 Å². The van der Waals surface area contributed by atoms with Crippen molar-refractivity contribution in [3.8, 4) is 0 Å². The number of carbonyl (C=O) groups excluding carboxylic acids is 1. The Morgan fingerprint density at radius 2 is 1.86 bits per heavy atom. The predicted molar refractivity (Wildman–Crippen MR) is 111 cm³/mol. The van der Waals surface area contributed by atoms with Crippen molar-refractivity contribution in [3.63, 3.8) is 0 Å².